The smallest absolute Gasteiger partial charge is 0.232 e. The van der Waals surface area contributed by atoms with Gasteiger partial charge < -0.3 is 20.2 Å². The molecular formula is C27H38F2N4O4S. The van der Waals surface area contributed by atoms with Crippen molar-refractivity contribution in [2.75, 3.05) is 38.6 Å². The Kier molecular flexibility index (Phi) is 11.3. The Labute approximate surface area is 224 Å². The molecule has 0 bridgehead atoms. The number of rotatable bonds is 12. The molecule has 11 heteroatoms. The van der Waals surface area contributed by atoms with Gasteiger partial charge in [-0.05, 0) is 68.4 Å². The third-order valence-electron chi connectivity index (χ3n) is 6.19. The number of nitrogens with zero attached hydrogens (tertiary/aromatic N) is 2. The highest BCUT2D eigenvalue weighted by molar-refractivity contribution is 7.93. The molecule has 0 aliphatic heterocycles. The number of benzene rings is 1. The molecule has 0 amide bonds. The zero-order valence-electron chi connectivity index (χ0n) is 22.9. The average molecular weight is 553 g/mol. The molecule has 2 aromatic rings. The molecule has 8 nitrogen and oxygen atoms in total. The molecule has 0 spiro atoms. The van der Waals surface area contributed by atoms with Crippen molar-refractivity contribution < 1.29 is 26.7 Å². The zero-order chi connectivity index (χ0) is 28.5. The minimum atomic E-state index is -3.70. The van der Waals surface area contributed by atoms with Gasteiger partial charge in [0, 0.05) is 25.6 Å². The highest BCUT2D eigenvalue weighted by atomic mass is 32.2. The summed E-state index contributed by atoms with van der Waals surface area (Å²) in [6.07, 6.45) is 5.08. The Morgan fingerprint density at radius 2 is 1.87 bits per heavy atom. The lowest BCUT2D eigenvalue weighted by Gasteiger charge is -2.27. The summed E-state index contributed by atoms with van der Waals surface area (Å²) in [6, 6.07) is 4.52. The van der Waals surface area contributed by atoms with Gasteiger partial charge in [0.05, 0.1) is 23.8 Å². The van der Waals surface area contributed by atoms with Crippen LogP contribution in [0.3, 0.4) is 0 Å². The van der Waals surface area contributed by atoms with Crippen LogP contribution in [0.1, 0.15) is 64.1 Å². The molecule has 3 rings (SSSR count). The van der Waals surface area contributed by atoms with Crippen LogP contribution in [0.25, 0.3) is 5.70 Å². The Bertz CT molecular complexity index is 1230. The minimum Gasteiger partial charge on any atom is -0.474 e. The van der Waals surface area contributed by atoms with Crippen molar-refractivity contribution in [1.29, 1.82) is 5.41 Å². The average Bonchev–Trinajstić information content (AvgIpc) is 3.72. The molecule has 2 N–H and O–H groups in total. The van der Waals surface area contributed by atoms with Crippen LogP contribution in [-0.4, -0.2) is 62.1 Å². The fraction of sp³-hybridized carbons (Fsp3) is 0.519. The number of nitrogens with one attached hydrogen (secondary N) is 2. The number of hydrogen-bond acceptors (Lipinski definition) is 8. The summed E-state index contributed by atoms with van der Waals surface area (Å²) < 4.78 is 61.2. The Morgan fingerprint density at radius 1 is 1.21 bits per heavy atom. The van der Waals surface area contributed by atoms with E-state index in [1.165, 1.54) is 32.3 Å². The van der Waals surface area contributed by atoms with Gasteiger partial charge in [0.15, 0.2) is 9.84 Å². The fourth-order valence-electron chi connectivity index (χ4n) is 3.69. The summed E-state index contributed by atoms with van der Waals surface area (Å²) >= 11 is 0. The number of aromatic nitrogens is 2. The van der Waals surface area contributed by atoms with E-state index in [2.05, 4.69) is 20.0 Å². The van der Waals surface area contributed by atoms with Gasteiger partial charge in [-0.3, -0.25) is 0 Å². The van der Waals surface area contributed by atoms with Crippen LogP contribution < -0.4 is 10.1 Å². The molecule has 210 valence electrons. The quantitative estimate of drug-likeness (QED) is 0.331. The maximum atomic E-state index is 14.8. The van der Waals surface area contributed by atoms with Crippen molar-refractivity contribution in [2.45, 2.75) is 57.6 Å². The third-order valence-corrected chi connectivity index (χ3v) is 8.93. The van der Waals surface area contributed by atoms with Gasteiger partial charge in [0.25, 0.3) is 0 Å². The number of alkyl halides is 1. The van der Waals surface area contributed by atoms with Gasteiger partial charge in [0.1, 0.15) is 29.5 Å². The second-order valence-corrected chi connectivity index (χ2v) is 12.1. The first-order chi connectivity index (χ1) is 17.9. The Balaban J connectivity index is 0.00000161. The molecule has 1 aromatic heterocycles. The van der Waals surface area contributed by atoms with Gasteiger partial charge in [-0.1, -0.05) is 13.8 Å². The SMILES string of the molecule is CCC(=N)C(C)(C)S(=O)(=O)C[C@H](C)c1cc(NC(=C2CC2)c2cnc(OCCF)cn2)ccc1F.COC. The van der Waals surface area contributed by atoms with Gasteiger partial charge in [0.2, 0.25) is 5.88 Å². The normalized spacial score (nSPS) is 13.7. The summed E-state index contributed by atoms with van der Waals surface area (Å²) in [4.78, 5) is 8.52. The van der Waals surface area contributed by atoms with E-state index in [9.17, 15) is 17.2 Å². The number of methoxy groups -OCH3 is 1. The molecule has 1 saturated carbocycles. The van der Waals surface area contributed by atoms with E-state index in [1.54, 1.807) is 40.2 Å². The first kappa shape index (κ1) is 31.3. The standard InChI is InChI=1S/C25H32F2N4O3S.C2H6O/c1-5-22(28)25(3,4)35(32,33)15-16(2)19-12-18(8-9-20(19)27)31-24(17-6-7-17)21-13-30-23(14-29-21)34-11-10-26;1-3-2/h8-9,12-14,16,28,31H,5-7,10-11,15H2,1-4H3;1-2H3/t16-;/m0./s1. The van der Waals surface area contributed by atoms with Crippen LogP contribution in [0, 0.1) is 11.2 Å². The predicted octanol–water partition coefficient (Wildman–Crippen LogP) is 5.57. The van der Waals surface area contributed by atoms with Gasteiger partial charge >= 0.3 is 0 Å². The molecule has 1 atom stereocenters. The number of sulfone groups is 1. The summed E-state index contributed by atoms with van der Waals surface area (Å²) in [6.45, 7) is 5.76. The van der Waals surface area contributed by atoms with Crippen LogP contribution in [0.2, 0.25) is 0 Å². The zero-order valence-corrected chi connectivity index (χ0v) is 23.7. The van der Waals surface area contributed by atoms with Crippen LogP contribution in [0.5, 0.6) is 5.88 Å². The molecule has 0 radical (unpaired) electrons. The van der Waals surface area contributed by atoms with E-state index in [0.717, 1.165) is 24.1 Å². The lowest BCUT2D eigenvalue weighted by Crippen LogP contribution is -2.42. The number of ether oxygens (including phenoxy) is 2. The minimum absolute atomic E-state index is 0.0940. The third kappa shape index (κ3) is 8.04. The topological polar surface area (TPSA) is 114 Å². The first-order valence-corrected chi connectivity index (χ1v) is 14.1. The molecule has 1 aliphatic carbocycles. The van der Waals surface area contributed by atoms with E-state index in [1.807, 2.05) is 0 Å². The highest BCUT2D eigenvalue weighted by Crippen LogP contribution is 2.37. The van der Waals surface area contributed by atoms with E-state index in [-0.39, 0.29) is 29.5 Å². The lowest BCUT2D eigenvalue weighted by molar-refractivity contribution is 0.263. The Morgan fingerprint density at radius 3 is 2.39 bits per heavy atom. The van der Waals surface area contributed by atoms with Crippen LogP contribution in [-0.2, 0) is 14.6 Å². The molecule has 1 fully saturated rings. The largest absolute Gasteiger partial charge is 0.474 e. The number of hydrogen-bond donors (Lipinski definition) is 2. The summed E-state index contributed by atoms with van der Waals surface area (Å²) in [5.74, 6) is -1.15. The van der Waals surface area contributed by atoms with Crippen molar-refractivity contribution >= 4 is 26.9 Å². The number of halogens is 2. The summed E-state index contributed by atoms with van der Waals surface area (Å²) in [5, 5.41) is 11.4. The lowest BCUT2D eigenvalue weighted by atomic mass is 10.0. The van der Waals surface area contributed by atoms with E-state index >= 15 is 0 Å². The molecule has 0 saturated heterocycles. The van der Waals surface area contributed by atoms with Crippen molar-refractivity contribution in [3.05, 3.63) is 53.2 Å². The van der Waals surface area contributed by atoms with Crippen LogP contribution in [0.4, 0.5) is 14.5 Å². The summed E-state index contributed by atoms with van der Waals surface area (Å²) in [7, 11) is -0.453. The monoisotopic (exact) mass is 552 g/mol. The van der Waals surface area contributed by atoms with Crippen molar-refractivity contribution in [1.82, 2.24) is 9.97 Å². The maximum absolute atomic E-state index is 14.8. The first-order valence-electron chi connectivity index (χ1n) is 12.4. The van der Waals surface area contributed by atoms with Gasteiger partial charge in [-0.2, -0.15) is 0 Å². The van der Waals surface area contributed by atoms with Gasteiger partial charge in [-0.15, -0.1) is 0 Å². The van der Waals surface area contributed by atoms with E-state index in [0.29, 0.717) is 17.8 Å². The maximum Gasteiger partial charge on any atom is 0.232 e. The number of anilines is 1. The number of allylic oxidation sites excluding steroid dienone is 1. The second-order valence-electron chi connectivity index (χ2n) is 9.55. The highest BCUT2D eigenvalue weighted by Gasteiger charge is 2.39. The summed E-state index contributed by atoms with van der Waals surface area (Å²) in [5.41, 5.74) is 3.47. The second kappa shape index (κ2) is 13.7. The van der Waals surface area contributed by atoms with Crippen molar-refractivity contribution in [3.8, 4) is 5.88 Å². The van der Waals surface area contributed by atoms with E-state index < -0.39 is 33.0 Å². The molecular weight excluding hydrogens is 514 g/mol. The van der Waals surface area contributed by atoms with Crippen molar-refractivity contribution in [2.24, 2.45) is 0 Å². The van der Waals surface area contributed by atoms with E-state index in [4.69, 9.17) is 10.1 Å². The predicted molar refractivity (Wildman–Crippen MR) is 147 cm³/mol. The van der Waals surface area contributed by atoms with Gasteiger partial charge in [-0.25, -0.2) is 27.2 Å². The molecule has 38 heavy (non-hydrogen) atoms. The molecule has 1 heterocycles. The molecule has 0 unspecified atom stereocenters. The fourth-order valence-corrected chi connectivity index (χ4v) is 5.47. The Hall–Kier alpha value is -2.92. The van der Waals surface area contributed by atoms with Crippen LogP contribution in [0.15, 0.2) is 36.2 Å². The molecule has 1 aliphatic rings. The van der Waals surface area contributed by atoms with Crippen LogP contribution >= 0.6 is 0 Å². The van der Waals surface area contributed by atoms with Crippen molar-refractivity contribution in [3.63, 3.8) is 0 Å². The molecule has 1 aromatic carbocycles.